The first-order valence-electron chi connectivity index (χ1n) is 8.76. The molecular weight excluding hydrogens is 332 g/mol. The maximum atomic E-state index is 13.0. The Bertz CT molecular complexity index is 786. The van der Waals surface area contributed by atoms with Gasteiger partial charge in [-0.2, -0.15) is 0 Å². The second-order valence-electron chi connectivity index (χ2n) is 8.58. The van der Waals surface area contributed by atoms with Crippen LogP contribution in [-0.2, 0) is 14.4 Å². The number of carbonyl (C=O) groups is 4. The van der Waals surface area contributed by atoms with Crippen molar-refractivity contribution < 1.29 is 19.2 Å². The minimum Gasteiger partial charge on any atom is -0.326 e. The van der Waals surface area contributed by atoms with Crippen LogP contribution in [0.1, 0.15) is 57.3 Å². The van der Waals surface area contributed by atoms with E-state index in [1.807, 2.05) is 20.8 Å². The lowest BCUT2D eigenvalue weighted by molar-refractivity contribution is -0.163. The standard InChI is InChI=1S/C20H24N2O4/c1-12(23)13-5-7-14(8-6-13)21-15(24)18(2)9-19(3)11-20(4,10-18)17(26)22-16(19)25/h5-8H,9-11H2,1-4H3,(H,21,24)(H,22,25,26). The maximum absolute atomic E-state index is 13.0. The van der Waals surface area contributed by atoms with Crippen LogP contribution in [0.15, 0.2) is 24.3 Å². The summed E-state index contributed by atoms with van der Waals surface area (Å²) >= 11 is 0. The van der Waals surface area contributed by atoms with Crippen LogP contribution in [0.5, 0.6) is 0 Å². The lowest BCUT2D eigenvalue weighted by Gasteiger charge is -2.53. The number of hydrogen-bond acceptors (Lipinski definition) is 4. The summed E-state index contributed by atoms with van der Waals surface area (Å²) in [7, 11) is 0. The highest BCUT2D eigenvalue weighted by Crippen LogP contribution is 2.56. The molecule has 1 aromatic rings. The van der Waals surface area contributed by atoms with Crippen molar-refractivity contribution in [2.24, 2.45) is 16.2 Å². The largest absolute Gasteiger partial charge is 0.326 e. The van der Waals surface area contributed by atoms with Gasteiger partial charge in [0.2, 0.25) is 17.7 Å². The van der Waals surface area contributed by atoms with Gasteiger partial charge in [-0.1, -0.05) is 20.8 Å². The SMILES string of the molecule is CC(=O)c1ccc(NC(=O)C2(C)CC3(C)CC(C)(C2)C(=O)NC3=O)cc1. The van der Waals surface area contributed by atoms with E-state index in [-0.39, 0.29) is 23.5 Å². The first-order valence-corrected chi connectivity index (χ1v) is 8.76. The van der Waals surface area contributed by atoms with E-state index < -0.39 is 16.2 Å². The molecule has 0 spiro atoms. The zero-order chi connectivity index (χ0) is 19.3. The Labute approximate surface area is 152 Å². The van der Waals surface area contributed by atoms with E-state index in [0.29, 0.717) is 30.5 Å². The molecule has 0 aromatic heterocycles. The molecule has 2 unspecified atom stereocenters. The lowest BCUT2D eigenvalue weighted by Crippen LogP contribution is -2.63. The number of imide groups is 1. The van der Waals surface area contributed by atoms with E-state index in [1.165, 1.54) is 6.92 Å². The topological polar surface area (TPSA) is 92.3 Å². The smallest absolute Gasteiger partial charge is 0.232 e. The molecule has 2 bridgehead atoms. The number of piperidine rings is 1. The maximum Gasteiger partial charge on any atom is 0.232 e. The number of carbonyl (C=O) groups excluding carboxylic acids is 4. The van der Waals surface area contributed by atoms with Gasteiger partial charge in [-0.25, -0.2) is 0 Å². The van der Waals surface area contributed by atoms with Crippen LogP contribution in [-0.4, -0.2) is 23.5 Å². The van der Waals surface area contributed by atoms with Gasteiger partial charge in [-0.05, 0) is 50.5 Å². The van der Waals surface area contributed by atoms with Crippen LogP contribution in [0.4, 0.5) is 5.69 Å². The fourth-order valence-electron chi connectivity index (χ4n) is 4.73. The first kappa shape index (κ1) is 18.3. The van der Waals surface area contributed by atoms with E-state index in [9.17, 15) is 19.2 Å². The van der Waals surface area contributed by atoms with Crippen LogP contribution < -0.4 is 10.6 Å². The van der Waals surface area contributed by atoms with Crippen LogP contribution in [0.25, 0.3) is 0 Å². The fraction of sp³-hybridized carbons (Fsp3) is 0.500. The highest BCUT2D eigenvalue weighted by molar-refractivity contribution is 6.05. The molecule has 1 saturated carbocycles. The van der Waals surface area contributed by atoms with Gasteiger partial charge in [-0.3, -0.25) is 24.5 Å². The van der Waals surface area contributed by atoms with Crippen LogP contribution in [0.3, 0.4) is 0 Å². The number of benzene rings is 1. The number of anilines is 1. The zero-order valence-corrected chi connectivity index (χ0v) is 15.6. The summed E-state index contributed by atoms with van der Waals surface area (Å²) in [5, 5.41) is 5.34. The molecule has 1 aliphatic carbocycles. The van der Waals surface area contributed by atoms with E-state index >= 15 is 0 Å². The average molecular weight is 356 g/mol. The van der Waals surface area contributed by atoms with Crippen molar-refractivity contribution in [2.75, 3.05) is 5.32 Å². The molecule has 2 fully saturated rings. The molecule has 1 aliphatic heterocycles. The molecule has 3 amide bonds. The minimum absolute atomic E-state index is 0.0414. The van der Waals surface area contributed by atoms with Crippen molar-refractivity contribution in [2.45, 2.75) is 47.0 Å². The highest BCUT2D eigenvalue weighted by atomic mass is 16.2. The van der Waals surface area contributed by atoms with Gasteiger partial charge < -0.3 is 5.32 Å². The van der Waals surface area contributed by atoms with Gasteiger partial charge in [0.25, 0.3) is 0 Å². The molecule has 6 heteroatoms. The van der Waals surface area contributed by atoms with Crippen molar-refractivity contribution in [3.63, 3.8) is 0 Å². The molecule has 3 rings (SSSR count). The first-order chi connectivity index (χ1) is 12.0. The molecule has 1 saturated heterocycles. The van der Waals surface area contributed by atoms with Crippen molar-refractivity contribution >= 4 is 29.2 Å². The molecule has 2 N–H and O–H groups in total. The minimum atomic E-state index is -0.839. The van der Waals surface area contributed by atoms with Gasteiger partial charge in [0, 0.05) is 27.5 Å². The Morgan fingerprint density at radius 1 is 0.923 bits per heavy atom. The number of hydrogen-bond donors (Lipinski definition) is 2. The predicted molar refractivity (Wildman–Crippen MR) is 96.4 cm³/mol. The molecule has 2 atom stereocenters. The molecule has 26 heavy (non-hydrogen) atoms. The average Bonchev–Trinajstić information content (AvgIpc) is 2.53. The van der Waals surface area contributed by atoms with Gasteiger partial charge >= 0.3 is 0 Å². The zero-order valence-electron chi connectivity index (χ0n) is 15.6. The predicted octanol–water partition coefficient (Wildman–Crippen LogP) is 2.69. The van der Waals surface area contributed by atoms with Crippen molar-refractivity contribution in [1.29, 1.82) is 0 Å². The monoisotopic (exact) mass is 356 g/mol. The third-order valence-electron chi connectivity index (χ3n) is 5.76. The molecule has 1 heterocycles. The highest BCUT2D eigenvalue weighted by Gasteiger charge is 2.60. The Morgan fingerprint density at radius 2 is 1.42 bits per heavy atom. The molecule has 1 aromatic carbocycles. The Kier molecular flexibility index (Phi) is 4.05. The second kappa shape index (κ2) is 5.76. The van der Waals surface area contributed by atoms with Crippen molar-refractivity contribution in [3.05, 3.63) is 29.8 Å². The summed E-state index contributed by atoms with van der Waals surface area (Å²) in [4.78, 5) is 49.1. The van der Waals surface area contributed by atoms with Crippen molar-refractivity contribution in [1.82, 2.24) is 5.32 Å². The summed E-state index contributed by atoms with van der Waals surface area (Å²) in [6, 6.07) is 6.69. The molecule has 6 nitrogen and oxygen atoms in total. The van der Waals surface area contributed by atoms with Gasteiger partial charge in [-0.15, -0.1) is 0 Å². The number of ketones is 1. The van der Waals surface area contributed by atoms with Crippen LogP contribution >= 0.6 is 0 Å². The molecule has 0 radical (unpaired) electrons. The van der Waals surface area contributed by atoms with E-state index in [2.05, 4.69) is 10.6 Å². The summed E-state index contributed by atoms with van der Waals surface area (Å²) in [6.07, 6.45) is 1.22. The van der Waals surface area contributed by atoms with Gasteiger partial charge in [0.1, 0.15) is 0 Å². The fourth-order valence-corrected chi connectivity index (χ4v) is 4.73. The second-order valence-corrected chi connectivity index (χ2v) is 8.58. The quantitative estimate of drug-likeness (QED) is 0.643. The lowest BCUT2D eigenvalue weighted by atomic mass is 9.52. The Balaban J connectivity index is 1.85. The number of Topliss-reactive ketones (excluding diaryl/α,β-unsaturated/α-hetero) is 1. The summed E-state index contributed by atoms with van der Waals surface area (Å²) in [5.41, 5.74) is -1.17. The number of fused-ring (bicyclic) bond motifs is 2. The van der Waals surface area contributed by atoms with E-state index in [4.69, 9.17) is 0 Å². The summed E-state index contributed by atoms with van der Waals surface area (Å²) < 4.78 is 0. The van der Waals surface area contributed by atoms with Crippen LogP contribution in [0.2, 0.25) is 0 Å². The summed E-state index contributed by atoms with van der Waals surface area (Å²) in [6.45, 7) is 6.94. The third kappa shape index (κ3) is 2.93. The normalized spacial score (nSPS) is 33.4. The van der Waals surface area contributed by atoms with E-state index in [1.54, 1.807) is 24.3 Å². The summed E-state index contributed by atoms with van der Waals surface area (Å²) in [5.74, 6) is -0.859. The number of amides is 3. The molecule has 2 aliphatic rings. The Hall–Kier alpha value is -2.50. The van der Waals surface area contributed by atoms with Gasteiger partial charge in [0.15, 0.2) is 5.78 Å². The molecular formula is C20H24N2O4. The van der Waals surface area contributed by atoms with E-state index in [0.717, 1.165) is 0 Å². The van der Waals surface area contributed by atoms with Crippen molar-refractivity contribution in [3.8, 4) is 0 Å². The van der Waals surface area contributed by atoms with Crippen LogP contribution in [0, 0.1) is 16.2 Å². The number of nitrogens with one attached hydrogen (secondary N) is 2. The van der Waals surface area contributed by atoms with Gasteiger partial charge in [0.05, 0.1) is 0 Å². The number of rotatable bonds is 3. The molecule has 138 valence electrons. The Morgan fingerprint density at radius 3 is 1.88 bits per heavy atom. The third-order valence-corrected chi connectivity index (χ3v) is 5.76.